The Kier molecular flexibility index (Phi) is 8.67. The first-order chi connectivity index (χ1) is 17.5. The van der Waals surface area contributed by atoms with Gasteiger partial charge in [0.15, 0.2) is 0 Å². The van der Waals surface area contributed by atoms with Crippen molar-refractivity contribution in [3.8, 4) is 16.9 Å². The van der Waals surface area contributed by atoms with Gasteiger partial charge in [-0.25, -0.2) is 4.79 Å². The SMILES string of the molecule is CSCCC(NC(=O)c1ccc(COCc2ccc3c(c2)OCC3)cc1-c1ccccc1C)C(=O)O. The lowest BCUT2D eigenvalue weighted by atomic mass is 9.93. The van der Waals surface area contributed by atoms with E-state index in [1.165, 1.54) is 5.56 Å². The van der Waals surface area contributed by atoms with E-state index in [9.17, 15) is 14.7 Å². The number of ether oxygens (including phenoxy) is 2. The largest absolute Gasteiger partial charge is 0.493 e. The van der Waals surface area contributed by atoms with Crippen LogP contribution in [0.1, 0.15) is 39.0 Å². The number of thioether (sulfide) groups is 1. The van der Waals surface area contributed by atoms with Gasteiger partial charge in [-0.3, -0.25) is 4.79 Å². The van der Waals surface area contributed by atoms with E-state index in [1.54, 1.807) is 17.8 Å². The summed E-state index contributed by atoms with van der Waals surface area (Å²) in [6.07, 6.45) is 3.22. The molecule has 4 rings (SSSR count). The molecular formula is C29H31NO5S. The van der Waals surface area contributed by atoms with Gasteiger partial charge in [-0.2, -0.15) is 11.8 Å². The van der Waals surface area contributed by atoms with Crippen molar-refractivity contribution < 1.29 is 24.2 Å². The van der Waals surface area contributed by atoms with Gasteiger partial charge in [-0.1, -0.05) is 42.5 Å². The average Bonchev–Trinajstić information content (AvgIpc) is 3.34. The van der Waals surface area contributed by atoms with Crippen molar-refractivity contribution >= 4 is 23.6 Å². The average molecular weight is 506 g/mol. The number of hydrogen-bond donors (Lipinski definition) is 2. The maximum atomic E-state index is 13.2. The predicted molar refractivity (Wildman–Crippen MR) is 143 cm³/mol. The Bertz CT molecular complexity index is 1240. The summed E-state index contributed by atoms with van der Waals surface area (Å²) in [6.45, 7) is 3.55. The van der Waals surface area contributed by atoms with Crippen LogP contribution in [0.3, 0.4) is 0 Å². The van der Waals surface area contributed by atoms with Gasteiger partial charge in [-0.15, -0.1) is 0 Å². The highest BCUT2D eigenvalue weighted by Gasteiger charge is 2.23. The van der Waals surface area contributed by atoms with E-state index in [0.29, 0.717) is 31.0 Å². The van der Waals surface area contributed by atoms with Gasteiger partial charge in [0.25, 0.3) is 5.91 Å². The van der Waals surface area contributed by atoms with Gasteiger partial charge >= 0.3 is 5.97 Å². The summed E-state index contributed by atoms with van der Waals surface area (Å²) in [5.74, 6) is 0.156. The van der Waals surface area contributed by atoms with E-state index in [-0.39, 0.29) is 0 Å². The van der Waals surface area contributed by atoms with Crippen LogP contribution in [-0.2, 0) is 29.2 Å². The van der Waals surface area contributed by atoms with Crippen LogP contribution in [0, 0.1) is 6.92 Å². The van der Waals surface area contributed by atoms with Crippen molar-refractivity contribution in [2.45, 2.75) is 39.0 Å². The molecule has 1 amide bonds. The van der Waals surface area contributed by atoms with Crippen molar-refractivity contribution in [2.75, 3.05) is 18.6 Å². The summed E-state index contributed by atoms with van der Waals surface area (Å²) < 4.78 is 11.6. The van der Waals surface area contributed by atoms with E-state index in [2.05, 4.69) is 17.4 Å². The molecule has 2 N–H and O–H groups in total. The van der Waals surface area contributed by atoms with Crippen molar-refractivity contribution in [1.82, 2.24) is 5.32 Å². The molecule has 1 aliphatic heterocycles. The first-order valence-electron chi connectivity index (χ1n) is 12.0. The number of carboxylic acid groups (broad SMARTS) is 1. The van der Waals surface area contributed by atoms with Gasteiger partial charge in [0, 0.05) is 12.0 Å². The Morgan fingerprint density at radius 2 is 1.81 bits per heavy atom. The molecule has 0 fully saturated rings. The Morgan fingerprint density at radius 1 is 1.06 bits per heavy atom. The standard InChI is InChI=1S/C29H31NO5S/c1-19-5-3-4-6-23(19)25-15-20(17-34-18-21-7-9-22-11-13-35-27(22)16-21)8-10-24(25)28(31)30-26(29(32)33)12-14-36-2/h3-10,15-16,26H,11-14,17-18H2,1-2H3,(H,30,31)(H,32,33). The molecule has 188 valence electrons. The lowest BCUT2D eigenvalue weighted by Gasteiger charge is -2.18. The molecule has 0 aliphatic carbocycles. The number of amides is 1. The summed E-state index contributed by atoms with van der Waals surface area (Å²) in [7, 11) is 0. The van der Waals surface area contributed by atoms with Crippen LogP contribution >= 0.6 is 11.8 Å². The highest BCUT2D eigenvalue weighted by atomic mass is 32.2. The van der Waals surface area contributed by atoms with E-state index >= 15 is 0 Å². The predicted octanol–water partition coefficient (Wildman–Crippen LogP) is 5.25. The van der Waals surface area contributed by atoms with Crippen LogP contribution < -0.4 is 10.1 Å². The van der Waals surface area contributed by atoms with E-state index < -0.39 is 17.9 Å². The minimum Gasteiger partial charge on any atom is -0.493 e. The van der Waals surface area contributed by atoms with Crippen molar-refractivity contribution in [3.63, 3.8) is 0 Å². The van der Waals surface area contributed by atoms with Gasteiger partial charge in [-0.05, 0) is 76.9 Å². The van der Waals surface area contributed by atoms with Gasteiger partial charge in [0.1, 0.15) is 11.8 Å². The number of fused-ring (bicyclic) bond motifs is 1. The molecule has 36 heavy (non-hydrogen) atoms. The molecule has 3 aromatic rings. The molecule has 1 atom stereocenters. The second-order valence-electron chi connectivity index (χ2n) is 8.87. The third-order valence-corrected chi connectivity index (χ3v) is 6.92. The zero-order valence-electron chi connectivity index (χ0n) is 20.6. The molecule has 0 saturated carbocycles. The Hall–Kier alpha value is -3.29. The summed E-state index contributed by atoms with van der Waals surface area (Å²) >= 11 is 1.55. The molecule has 1 unspecified atom stereocenters. The summed E-state index contributed by atoms with van der Waals surface area (Å²) in [6, 6.07) is 18.7. The number of hydrogen-bond acceptors (Lipinski definition) is 5. The third-order valence-electron chi connectivity index (χ3n) is 6.28. The Morgan fingerprint density at radius 3 is 2.56 bits per heavy atom. The number of benzene rings is 3. The normalized spacial score (nSPS) is 13.1. The number of nitrogens with one attached hydrogen (secondary N) is 1. The number of carbonyl (C=O) groups is 2. The minimum absolute atomic E-state index is 0.363. The van der Waals surface area contributed by atoms with Gasteiger partial charge < -0.3 is 19.9 Å². The molecule has 3 aromatic carbocycles. The third kappa shape index (κ3) is 6.28. The molecule has 6 nitrogen and oxygen atoms in total. The van der Waals surface area contributed by atoms with Crippen LogP contribution in [0.5, 0.6) is 5.75 Å². The van der Waals surface area contributed by atoms with E-state index in [0.717, 1.165) is 46.6 Å². The van der Waals surface area contributed by atoms with Crippen LogP contribution in [0.15, 0.2) is 60.7 Å². The van der Waals surface area contributed by atoms with Crippen LogP contribution in [0.2, 0.25) is 0 Å². The molecule has 0 radical (unpaired) electrons. The number of carboxylic acids is 1. The lowest BCUT2D eigenvalue weighted by Crippen LogP contribution is -2.41. The fourth-order valence-corrected chi connectivity index (χ4v) is 4.76. The fourth-order valence-electron chi connectivity index (χ4n) is 4.29. The molecule has 1 aliphatic rings. The minimum atomic E-state index is -1.03. The fraction of sp³-hybridized carbons (Fsp3) is 0.310. The second kappa shape index (κ2) is 12.1. The van der Waals surface area contributed by atoms with Crippen molar-refractivity contribution in [3.05, 3.63) is 88.5 Å². The van der Waals surface area contributed by atoms with E-state index in [4.69, 9.17) is 9.47 Å². The zero-order chi connectivity index (χ0) is 25.5. The van der Waals surface area contributed by atoms with Crippen molar-refractivity contribution in [1.29, 1.82) is 0 Å². The monoisotopic (exact) mass is 505 g/mol. The molecular weight excluding hydrogens is 474 g/mol. The highest BCUT2D eigenvalue weighted by molar-refractivity contribution is 7.98. The maximum Gasteiger partial charge on any atom is 0.326 e. The number of aryl methyl sites for hydroxylation is 1. The number of rotatable bonds is 11. The van der Waals surface area contributed by atoms with Gasteiger partial charge in [0.2, 0.25) is 0 Å². The van der Waals surface area contributed by atoms with Crippen molar-refractivity contribution in [2.24, 2.45) is 0 Å². The maximum absolute atomic E-state index is 13.2. The Labute approximate surface area is 216 Å². The summed E-state index contributed by atoms with van der Waals surface area (Å²) in [5.41, 5.74) is 6.37. The van der Waals surface area contributed by atoms with Crippen LogP contribution in [0.25, 0.3) is 11.1 Å². The first kappa shape index (κ1) is 25.8. The van der Waals surface area contributed by atoms with Crippen LogP contribution in [-0.4, -0.2) is 41.6 Å². The van der Waals surface area contributed by atoms with E-state index in [1.807, 2.05) is 55.6 Å². The second-order valence-corrected chi connectivity index (χ2v) is 9.86. The highest BCUT2D eigenvalue weighted by Crippen LogP contribution is 2.29. The summed E-state index contributed by atoms with van der Waals surface area (Å²) in [5, 5.41) is 12.3. The zero-order valence-corrected chi connectivity index (χ0v) is 21.4. The lowest BCUT2D eigenvalue weighted by molar-refractivity contribution is -0.139. The summed E-state index contributed by atoms with van der Waals surface area (Å²) in [4.78, 5) is 24.9. The Balaban J connectivity index is 1.53. The molecule has 0 bridgehead atoms. The van der Waals surface area contributed by atoms with Crippen LogP contribution in [0.4, 0.5) is 0 Å². The van der Waals surface area contributed by atoms with Gasteiger partial charge in [0.05, 0.1) is 19.8 Å². The number of aliphatic carboxylic acids is 1. The first-order valence-corrected chi connectivity index (χ1v) is 13.4. The quantitative estimate of drug-likeness (QED) is 0.370. The molecule has 0 aromatic heterocycles. The molecule has 0 saturated heterocycles. The molecule has 7 heteroatoms. The molecule has 0 spiro atoms. The smallest absolute Gasteiger partial charge is 0.326 e. The topological polar surface area (TPSA) is 84.9 Å². The molecule has 1 heterocycles. The number of carbonyl (C=O) groups excluding carboxylic acids is 1.